The van der Waals surface area contributed by atoms with E-state index < -0.39 is 9.84 Å². The molecule has 0 atom stereocenters. The van der Waals surface area contributed by atoms with Gasteiger partial charge in [-0.15, -0.1) is 0 Å². The molecule has 0 saturated heterocycles. The van der Waals surface area contributed by atoms with Crippen molar-refractivity contribution >= 4 is 15.7 Å². The number of aryl methyl sites for hydroxylation is 1. The molecule has 0 fully saturated rings. The Morgan fingerprint density at radius 1 is 0.833 bits per heavy atom. The Labute approximate surface area is 179 Å². The summed E-state index contributed by atoms with van der Waals surface area (Å²) in [5, 5.41) is 0. The van der Waals surface area contributed by atoms with Gasteiger partial charge in [-0.25, -0.2) is 8.42 Å². The third kappa shape index (κ3) is 5.57. The van der Waals surface area contributed by atoms with Crippen molar-refractivity contribution < 1.29 is 13.2 Å². The summed E-state index contributed by atoms with van der Waals surface area (Å²) in [6, 6.07) is 23.5. The average molecular weight is 422 g/mol. The molecule has 5 heteroatoms. The number of carbonyl (C=O) groups is 1. The van der Waals surface area contributed by atoms with Crippen LogP contribution in [0.3, 0.4) is 0 Å². The van der Waals surface area contributed by atoms with E-state index in [2.05, 4.69) is 0 Å². The van der Waals surface area contributed by atoms with Gasteiger partial charge < -0.3 is 4.90 Å². The van der Waals surface area contributed by atoms with Crippen LogP contribution in [0, 0.1) is 6.92 Å². The molecule has 3 aromatic rings. The van der Waals surface area contributed by atoms with E-state index in [4.69, 9.17) is 0 Å². The van der Waals surface area contributed by atoms with Crippen molar-refractivity contribution in [2.75, 3.05) is 6.54 Å². The number of sulfone groups is 1. The van der Waals surface area contributed by atoms with Gasteiger partial charge in [-0.3, -0.25) is 4.79 Å². The molecule has 0 bridgehead atoms. The Balaban J connectivity index is 1.73. The number of benzene rings is 3. The largest absolute Gasteiger partial charge is 0.334 e. The van der Waals surface area contributed by atoms with Crippen molar-refractivity contribution in [1.82, 2.24) is 4.90 Å². The van der Waals surface area contributed by atoms with E-state index in [-0.39, 0.29) is 11.7 Å². The highest BCUT2D eigenvalue weighted by atomic mass is 32.2. The summed E-state index contributed by atoms with van der Waals surface area (Å²) in [4.78, 5) is 15.2. The van der Waals surface area contributed by atoms with E-state index in [1.54, 1.807) is 54.6 Å². The lowest BCUT2D eigenvalue weighted by Crippen LogP contribution is -2.31. The molecule has 156 valence electrons. The molecular weight excluding hydrogens is 394 g/mol. The van der Waals surface area contributed by atoms with Crippen molar-refractivity contribution in [2.24, 2.45) is 0 Å². The minimum Gasteiger partial charge on any atom is -0.334 e. The molecule has 0 aliphatic rings. The summed E-state index contributed by atoms with van der Waals surface area (Å²) in [6.07, 6.45) is 0.866. The third-order valence-electron chi connectivity index (χ3n) is 4.93. The first-order valence-electron chi connectivity index (χ1n) is 10.1. The van der Waals surface area contributed by atoms with Gasteiger partial charge in [0.05, 0.1) is 10.6 Å². The third-order valence-corrected chi connectivity index (χ3v) is 6.64. The molecule has 4 nitrogen and oxygen atoms in total. The van der Waals surface area contributed by atoms with Gasteiger partial charge >= 0.3 is 0 Å². The number of rotatable bonds is 8. The van der Waals surface area contributed by atoms with E-state index >= 15 is 0 Å². The number of amides is 1. The molecule has 3 rings (SSSR count). The highest BCUT2D eigenvalue weighted by Gasteiger charge is 2.18. The quantitative estimate of drug-likeness (QED) is 0.513. The van der Waals surface area contributed by atoms with Gasteiger partial charge in [0, 0.05) is 18.7 Å². The highest BCUT2D eigenvalue weighted by molar-refractivity contribution is 7.90. The zero-order valence-corrected chi connectivity index (χ0v) is 18.2. The van der Waals surface area contributed by atoms with Gasteiger partial charge in [0.25, 0.3) is 5.91 Å². The standard InChI is InChI=1S/C25H27NO3S/c1-3-17-26(18-21-11-9-20(2)10-12-21)25(27)23-15-13-22(14-16-23)19-30(28,29)24-7-5-4-6-8-24/h4-16H,3,17-19H2,1-2H3. The predicted octanol–water partition coefficient (Wildman–Crippen LogP) is 5.02. The van der Waals surface area contributed by atoms with Gasteiger partial charge in [0.15, 0.2) is 9.84 Å². The maximum Gasteiger partial charge on any atom is 0.254 e. The van der Waals surface area contributed by atoms with Crippen LogP contribution in [-0.4, -0.2) is 25.8 Å². The van der Waals surface area contributed by atoms with Crippen LogP contribution in [0.1, 0.15) is 40.4 Å². The molecule has 30 heavy (non-hydrogen) atoms. The monoisotopic (exact) mass is 421 g/mol. The first-order valence-corrected chi connectivity index (χ1v) is 11.8. The first kappa shape index (κ1) is 21.8. The van der Waals surface area contributed by atoms with Crippen molar-refractivity contribution in [1.29, 1.82) is 0 Å². The Bertz CT molecular complexity index is 1070. The predicted molar refractivity (Wildman–Crippen MR) is 120 cm³/mol. The van der Waals surface area contributed by atoms with Gasteiger partial charge in [0.2, 0.25) is 0 Å². The normalized spacial score (nSPS) is 11.3. The molecule has 3 aromatic carbocycles. The molecule has 0 saturated carbocycles. The molecule has 0 unspecified atom stereocenters. The zero-order chi connectivity index (χ0) is 21.6. The molecule has 0 heterocycles. The van der Waals surface area contributed by atoms with Crippen LogP contribution in [0.25, 0.3) is 0 Å². The second-order valence-electron chi connectivity index (χ2n) is 7.48. The van der Waals surface area contributed by atoms with Crippen LogP contribution in [0.5, 0.6) is 0 Å². The van der Waals surface area contributed by atoms with Crippen LogP contribution in [-0.2, 0) is 22.1 Å². The summed E-state index contributed by atoms with van der Waals surface area (Å²) in [7, 11) is -3.41. The summed E-state index contributed by atoms with van der Waals surface area (Å²) in [5.41, 5.74) is 3.51. The Kier molecular flexibility index (Phi) is 7.06. The van der Waals surface area contributed by atoms with E-state index in [0.29, 0.717) is 29.1 Å². The molecule has 0 aliphatic heterocycles. The zero-order valence-electron chi connectivity index (χ0n) is 17.4. The second-order valence-corrected chi connectivity index (χ2v) is 9.47. The molecular formula is C25H27NO3S. The van der Waals surface area contributed by atoms with E-state index in [1.807, 2.05) is 43.0 Å². The lowest BCUT2D eigenvalue weighted by Gasteiger charge is -2.22. The summed E-state index contributed by atoms with van der Waals surface area (Å²) in [5.74, 6) is -0.136. The Hall–Kier alpha value is -2.92. The van der Waals surface area contributed by atoms with Gasteiger partial charge in [-0.2, -0.15) is 0 Å². The highest BCUT2D eigenvalue weighted by Crippen LogP contribution is 2.18. The molecule has 0 N–H and O–H groups in total. The molecule has 0 radical (unpaired) electrons. The van der Waals surface area contributed by atoms with Crippen LogP contribution in [0.2, 0.25) is 0 Å². The molecule has 1 amide bonds. The van der Waals surface area contributed by atoms with E-state index in [9.17, 15) is 13.2 Å². The summed E-state index contributed by atoms with van der Waals surface area (Å²) >= 11 is 0. The maximum atomic E-state index is 13.0. The van der Waals surface area contributed by atoms with E-state index in [1.165, 1.54) is 5.56 Å². The number of hydrogen-bond acceptors (Lipinski definition) is 3. The van der Waals surface area contributed by atoms with E-state index in [0.717, 1.165) is 12.0 Å². The van der Waals surface area contributed by atoms with Crippen molar-refractivity contribution in [3.8, 4) is 0 Å². The fraction of sp³-hybridized carbons (Fsp3) is 0.240. The summed E-state index contributed by atoms with van der Waals surface area (Å²) in [6.45, 7) is 5.30. The second kappa shape index (κ2) is 9.72. The van der Waals surface area contributed by atoms with Crippen LogP contribution >= 0.6 is 0 Å². The van der Waals surface area contributed by atoms with Crippen LogP contribution in [0.4, 0.5) is 0 Å². The van der Waals surface area contributed by atoms with Crippen molar-refractivity contribution in [2.45, 2.75) is 37.5 Å². The maximum absolute atomic E-state index is 13.0. The lowest BCUT2D eigenvalue weighted by molar-refractivity contribution is 0.0743. The number of hydrogen-bond donors (Lipinski definition) is 0. The van der Waals surface area contributed by atoms with Crippen LogP contribution in [0.15, 0.2) is 83.8 Å². The topological polar surface area (TPSA) is 54.5 Å². The Morgan fingerprint density at radius 2 is 1.43 bits per heavy atom. The fourth-order valence-corrected chi connectivity index (χ4v) is 4.66. The first-order chi connectivity index (χ1) is 14.4. The van der Waals surface area contributed by atoms with Crippen LogP contribution < -0.4 is 0 Å². The van der Waals surface area contributed by atoms with Gasteiger partial charge in [0.1, 0.15) is 0 Å². The lowest BCUT2D eigenvalue weighted by atomic mass is 10.1. The van der Waals surface area contributed by atoms with Gasteiger partial charge in [-0.05, 0) is 48.7 Å². The Morgan fingerprint density at radius 3 is 2.03 bits per heavy atom. The molecule has 0 aromatic heterocycles. The average Bonchev–Trinajstić information content (AvgIpc) is 2.75. The number of carbonyl (C=O) groups excluding carboxylic acids is 1. The fourth-order valence-electron chi connectivity index (χ4n) is 3.29. The minimum absolute atomic E-state index is 0.0464. The molecule has 0 spiro atoms. The SMILES string of the molecule is CCCN(Cc1ccc(C)cc1)C(=O)c1ccc(CS(=O)(=O)c2ccccc2)cc1. The van der Waals surface area contributed by atoms with Crippen molar-refractivity contribution in [3.63, 3.8) is 0 Å². The smallest absolute Gasteiger partial charge is 0.254 e. The van der Waals surface area contributed by atoms with Crippen molar-refractivity contribution in [3.05, 3.63) is 101 Å². The summed E-state index contributed by atoms with van der Waals surface area (Å²) < 4.78 is 25.1. The number of nitrogens with zero attached hydrogens (tertiary/aromatic N) is 1. The molecule has 0 aliphatic carbocycles. The van der Waals surface area contributed by atoms with Gasteiger partial charge in [-0.1, -0.05) is 67.1 Å². The minimum atomic E-state index is -3.41.